The number of aromatic nitrogens is 1. The largest absolute Gasteiger partial charge is 0.343 e. The van der Waals surface area contributed by atoms with Crippen molar-refractivity contribution in [3.8, 4) is 11.1 Å². The molecule has 0 bridgehead atoms. The molecular weight excluding hydrogens is 400 g/mol. The van der Waals surface area contributed by atoms with E-state index in [-0.39, 0.29) is 11.8 Å². The van der Waals surface area contributed by atoms with Crippen LogP contribution in [-0.4, -0.2) is 42.1 Å². The van der Waals surface area contributed by atoms with E-state index in [0.29, 0.717) is 13.2 Å². The van der Waals surface area contributed by atoms with Crippen molar-refractivity contribution >= 4 is 16.8 Å². The second kappa shape index (κ2) is 9.80. The molecule has 3 heterocycles. The summed E-state index contributed by atoms with van der Waals surface area (Å²) in [4.78, 5) is 18.0. The molecule has 168 valence electrons. The van der Waals surface area contributed by atoms with Crippen molar-refractivity contribution in [1.82, 2.24) is 9.88 Å². The van der Waals surface area contributed by atoms with E-state index in [4.69, 9.17) is 9.47 Å². The van der Waals surface area contributed by atoms with Crippen LogP contribution in [0.1, 0.15) is 39.2 Å². The van der Waals surface area contributed by atoms with Crippen LogP contribution in [-0.2, 0) is 20.1 Å². The van der Waals surface area contributed by atoms with Crippen LogP contribution in [0.2, 0.25) is 0 Å². The van der Waals surface area contributed by atoms with Crippen LogP contribution in [0.3, 0.4) is 0 Å². The van der Waals surface area contributed by atoms with E-state index < -0.39 is 5.79 Å². The third kappa shape index (κ3) is 4.27. The van der Waals surface area contributed by atoms with Crippen molar-refractivity contribution in [3.63, 3.8) is 0 Å². The molecule has 0 spiro atoms. The molecule has 3 aromatic rings. The Morgan fingerprint density at radius 3 is 2.28 bits per heavy atom. The minimum absolute atomic E-state index is 0.144. The van der Waals surface area contributed by atoms with Gasteiger partial charge >= 0.3 is 0 Å². The van der Waals surface area contributed by atoms with Gasteiger partial charge in [-0.2, -0.15) is 0 Å². The first-order chi connectivity index (χ1) is 15.7. The van der Waals surface area contributed by atoms with Gasteiger partial charge in [-0.15, -0.1) is 0 Å². The number of piperidine rings is 1. The first-order valence-corrected chi connectivity index (χ1v) is 11.6. The lowest BCUT2D eigenvalue weighted by molar-refractivity contribution is -0.214. The summed E-state index contributed by atoms with van der Waals surface area (Å²) in [7, 11) is 0. The van der Waals surface area contributed by atoms with Gasteiger partial charge in [0.1, 0.15) is 0 Å². The maximum absolute atomic E-state index is 11.7. The van der Waals surface area contributed by atoms with Crippen molar-refractivity contribution < 1.29 is 14.3 Å². The van der Waals surface area contributed by atoms with Gasteiger partial charge < -0.3 is 14.4 Å². The van der Waals surface area contributed by atoms with Crippen LogP contribution in [0.4, 0.5) is 0 Å². The van der Waals surface area contributed by atoms with Gasteiger partial charge in [0.25, 0.3) is 0 Å². The Hall–Kier alpha value is -2.76. The smallest absolute Gasteiger partial charge is 0.219 e. The molecule has 0 atom stereocenters. The van der Waals surface area contributed by atoms with Crippen LogP contribution in [0.5, 0.6) is 0 Å². The SMILES string of the molecule is CC.CC(=O)N1CCC(C2(c3ccc(-c4ccc5ncccc5c4)cc3)OCCO2)CC1. The maximum atomic E-state index is 11.7. The average Bonchev–Trinajstić information content (AvgIpc) is 3.36. The monoisotopic (exact) mass is 432 g/mol. The first kappa shape index (κ1) is 22.4. The molecule has 2 aliphatic heterocycles. The highest BCUT2D eigenvalue weighted by atomic mass is 16.7. The molecular formula is C27H32N2O3. The van der Waals surface area contributed by atoms with Gasteiger partial charge in [-0.05, 0) is 42.2 Å². The molecule has 0 unspecified atom stereocenters. The van der Waals surface area contributed by atoms with Crippen LogP contribution >= 0.6 is 0 Å². The highest BCUT2D eigenvalue weighted by Gasteiger charge is 2.47. The van der Waals surface area contributed by atoms with E-state index in [1.165, 1.54) is 5.56 Å². The Balaban J connectivity index is 0.00000119. The zero-order chi connectivity index (χ0) is 22.6. The van der Waals surface area contributed by atoms with E-state index in [0.717, 1.165) is 48.0 Å². The molecule has 0 N–H and O–H groups in total. The van der Waals surface area contributed by atoms with E-state index in [2.05, 4.69) is 53.5 Å². The average molecular weight is 433 g/mol. The topological polar surface area (TPSA) is 51.7 Å². The molecule has 32 heavy (non-hydrogen) atoms. The van der Waals surface area contributed by atoms with Crippen LogP contribution < -0.4 is 0 Å². The van der Waals surface area contributed by atoms with Crippen LogP contribution in [0.25, 0.3) is 22.0 Å². The van der Waals surface area contributed by atoms with E-state index in [1.54, 1.807) is 6.92 Å². The van der Waals surface area contributed by atoms with Gasteiger partial charge in [-0.3, -0.25) is 9.78 Å². The number of fused-ring (bicyclic) bond motifs is 1. The standard InChI is InChI=1S/C25H26N2O3.C2H6/c1-18(28)27-13-10-23(11-14-27)25(29-15-16-30-25)22-7-4-19(5-8-22)20-6-9-24-21(17-20)3-2-12-26-24;1-2/h2-9,12,17,23H,10-11,13-16H2,1H3;1-2H3. The molecule has 5 nitrogen and oxygen atoms in total. The molecule has 0 saturated carbocycles. The predicted molar refractivity (Wildman–Crippen MR) is 127 cm³/mol. The van der Waals surface area contributed by atoms with Gasteiger partial charge in [-0.25, -0.2) is 0 Å². The minimum atomic E-state index is -0.700. The summed E-state index contributed by atoms with van der Waals surface area (Å²) < 4.78 is 12.5. The normalized spacial score (nSPS) is 18.3. The summed E-state index contributed by atoms with van der Waals surface area (Å²) in [6.07, 6.45) is 3.59. The maximum Gasteiger partial charge on any atom is 0.219 e. The van der Waals surface area contributed by atoms with Crippen molar-refractivity contribution in [2.24, 2.45) is 5.92 Å². The second-order valence-corrected chi connectivity index (χ2v) is 8.13. The van der Waals surface area contributed by atoms with Gasteiger partial charge in [0.05, 0.1) is 18.7 Å². The number of hydrogen-bond acceptors (Lipinski definition) is 4. The Morgan fingerprint density at radius 2 is 1.62 bits per heavy atom. The van der Waals surface area contributed by atoms with E-state index >= 15 is 0 Å². The molecule has 2 saturated heterocycles. The molecule has 5 heteroatoms. The number of amides is 1. The number of carbonyl (C=O) groups excluding carboxylic acids is 1. The lowest BCUT2D eigenvalue weighted by atomic mass is 9.83. The fourth-order valence-electron chi connectivity index (χ4n) is 4.79. The second-order valence-electron chi connectivity index (χ2n) is 8.13. The molecule has 1 aromatic heterocycles. The molecule has 2 aromatic carbocycles. The molecule has 0 aliphatic carbocycles. The van der Waals surface area contributed by atoms with E-state index in [9.17, 15) is 4.79 Å². The first-order valence-electron chi connectivity index (χ1n) is 11.6. The summed E-state index contributed by atoms with van der Waals surface area (Å²) in [5.74, 6) is -0.312. The summed E-state index contributed by atoms with van der Waals surface area (Å²) >= 11 is 0. The number of rotatable bonds is 3. The summed E-state index contributed by atoms with van der Waals surface area (Å²) in [6, 6.07) is 18.9. The Labute approximate surface area is 190 Å². The van der Waals surface area contributed by atoms with E-state index in [1.807, 2.05) is 31.0 Å². The van der Waals surface area contributed by atoms with Crippen LogP contribution in [0, 0.1) is 5.92 Å². The molecule has 0 radical (unpaired) electrons. The summed E-state index contributed by atoms with van der Waals surface area (Å²) in [5.41, 5.74) is 4.39. The van der Waals surface area contributed by atoms with Crippen LogP contribution in [0.15, 0.2) is 60.8 Å². The lowest BCUT2D eigenvalue weighted by Gasteiger charge is -2.41. The number of benzene rings is 2. The fraction of sp³-hybridized carbons (Fsp3) is 0.407. The number of likely N-dealkylation sites (tertiary alicyclic amines) is 1. The van der Waals surface area contributed by atoms with Crippen molar-refractivity contribution in [3.05, 3.63) is 66.4 Å². The molecule has 2 fully saturated rings. The van der Waals surface area contributed by atoms with Gasteiger partial charge in [-0.1, -0.05) is 50.2 Å². The Morgan fingerprint density at radius 1 is 0.969 bits per heavy atom. The van der Waals surface area contributed by atoms with Crippen molar-refractivity contribution in [2.75, 3.05) is 26.3 Å². The zero-order valence-electron chi connectivity index (χ0n) is 19.2. The van der Waals surface area contributed by atoms with Crippen molar-refractivity contribution in [2.45, 2.75) is 39.4 Å². The predicted octanol–water partition coefficient (Wildman–Crippen LogP) is 5.39. The Kier molecular flexibility index (Phi) is 6.87. The van der Waals surface area contributed by atoms with Gasteiger partial charge in [0.2, 0.25) is 5.91 Å². The number of pyridine rings is 1. The van der Waals surface area contributed by atoms with Crippen molar-refractivity contribution in [1.29, 1.82) is 0 Å². The highest BCUT2D eigenvalue weighted by Crippen LogP contribution is 2.44. The molecule has 5 rings (SSSR count). The van der Waals surface area contributed by atoms with Gasteiger partial charge in [0, 0.05) is 43.1 Å². The summed E-state index contributed by atoms with van der Waals surface area (Å²) in [5, 5.41) is 1.13. The number of nitrogens with zero attached hydrogens (tertiary/aromatic N) is 2. The third-order valence-electron chi connectivity index (χ3n) is 6.42. The molecule has 2 aliphatic rings. The highest BCUT2D eigenvalue weighted by molar-refractivity contribution is 5.84. The number of ether oxygens (including phenoxy) is 2. The quantitative estimate of drug-likeness (QED) is 0.557. The molecule has 1 amide bonds. The zero-order valence-corrected chi connectivity index (χ0v) is 19.2. The number of carbonyl (C=O) groups is 1. The van der Waals surface area contributed by atoms with Gasteiger partial charge in [0.15, 0.2) is 5.79 Å². The lowest BCUT2D eigenvalue weighted by Crippen LogP contribution is -2.45. The number of hydrogen-bond donors (Lipinski definition) is 0. The summed E-state index contributed by atoms with van der Waals surface area (Å²) in [6.45, 7) is 8.37. The minimum Gasteiger partial charge on any atom is -0.343 e. The Bertz CT molecular complexity index is 1050. The fourth-order valence-corrected chi connectivity index (χ4v) is 4.79. The third-order valence-corrected chi connectivity index (χ3v) is 6.42.